The summed E-state index contributed by atoms with van der Waals surface area (Å²) in [5, 5.41) is 0. The topological polar surface area (TPSA) is 63.4 Å². The van der Waals surface area contributed by atoms with Crippen LogP contribution in [0.25, 0.3) is 0 Å². The van der Waals surface area contributed by atoms with Crippen molar-refractivity contribution in [3.63, 3.8) is 0 Å². The van der Waals surface area contributed by atoms with Gasteiger partial charge in [-0.05, 0) is 12.3 Å². The fourth-order valence-corrected chi connectivity index (χ4v) is 3.41. The van der Waals surface area contributed by atoms with Crippen LogP contribution in [0.2, 0.25) is 0 Å². The fourth-order valence-electron chi connectivity index (χ4n) is 1.63. The average molecular weight is 234 g/mol. The molecule has 1 fully saturated rings. The van der Waals surface area contributed by atoms with Gasteiger partial charge in [-0.15, -0.1) is 0 Å². The van der Waals surface area contributed by atoms with E-state index in [-0.39, 0.29) is 11.3 Å². The highest BCUT2D eigenvalue weighted by molar-refractivity contribution is 7.89. The lowest BCUT2D eigenvalue weighted by Crippen LogP contribution is -2.71. The Kier molecular flexibility index (Phi) is 3.79. The van der Waals surface area contributed by atoms with E-state index in [2.05, 4.69) is 0 Å². The Hall–Kier alpha value is -0.130. The van der Waals surface area contributed by atoms with Crippen LogP contribution >= 0.6 is 0 Å². The normalized spacial score (nSPS) is 21.7. The summed E-state index contributed by atoms with van der Waals surface area (Å²) in [7, 11) is -3.04. The molecule has 90 valence electrons. The third-order valence-corrected chi connectivity index (χ3v) is 5.09. The van der Waals surface area contributed by atoms with Gasteiger partial charge >= 0.3 is 0 Å². The number of unbranched alkanes of at least 4 members (excludes halogenated alkanes) is 1. The van der Waals surface area contributed by atoms with E-state index >= 15 is 0 Å². The van der Waals surface area contributed by atoms with Crippen molar-refractivity contribution in [3.05, 3.63) is 0 Å². The van der Waals surface area contributed by atoms with Gasteiger partial charge < -0.3 is 5.73 Å². The lowest BCUT2D eigenvalue weighted by atomic mass is 9.82. The van der Waals surface area contributed by atoms with Crippen molar-refractivity contribution in [1.29, 1.82) is 0 Å². The van der Waals surface area contributed by atoms with Crippen LogP contribution in [0.15, 0.2) is 0 Å². The molecule has 4 nitrogen and oxygen atoms in total. The Balaban J connectivity index is 2.51. The summed E-state index contributed by atoms with van der Waals surface area (Å²) >= 11 is 0. The van der Waals surface area contributed by atoms with E-state index in [9.17, 15) is 8.42 Å². The zero-order chi connectivity index (χ0) is 11.7. The number of nitrogens with zero attached hydrogens (tertiary/aromatic N) is 1. The molecule has 0 spiro atoms. The molecule has 0 radical (unpaired) electrons. The minimum absolute atomic E-state index is 0.262. The molecule has 0 bridgehead atoms. The molecule has 0 atom stereocenters. The van der Waals surface area contributed by atoms with E-state index in [1.165, 1.54) is 4.31 Å². The van der Waals surface area contributed by atoms with Gasteiger partial charge in [-0.3, -0.25) is 0 Å². The molecule has 5 heteroatoms. The molecule has 0 aromatic carbocycles. The highest BCUT2D eigenvalue weighted by Gasteiger charge is 2.46. The first kappa shape index (κ1) is 12.9. The first-order valence-electron chi connectivity index (χ1n) is 5.58. The second kappa shape index (κ2) is 4.39. The number of sulfonamides is 1. The Morgan fingerprint density at radius 3 is 2.33 bits per heavy atom. The van der Waals surface area contributed by atoms with E-state index in [4.69, 9.17) is 5.73 Å². The average Bonchev–Trinajstić information content (AvgIpc) is 2.09. The maximum absolute atomic E-state index is 11.8. The Bertz CT molecular complexity index is 305. The first-order valence-corrected chi connectivity index (χ1v) is 7.19. The molecule has 1 aliphatic rings. The van der Waals surface area contributed by atoms with Gasteiger partial charge in [0.15, 0.2) is 0 Å². The maximum atomic E-state index is 11.8. The Morgan fingerprint density at radius 2 is 1.93 bits per heavy atom. The van der Waals surface area contributed by atoms with Crippen molar-refractivity contribution in [2.75, 3.05) is 18.8 Å². The van der Waals surface area contributed by atoms with Crippen molar-refractivity contribution in [2.45, 2.75) is 39.2 Å². The summed E-state index contributed by atoms with van der Waals surface area (Å²) < 4.78 is 25.0. The third kappa shape index (κ3) is 2.71. The number of rotatable bonds is 5. The highest BCUT2D eigenvalue weighted by atomic mass is 32.2. The van der Waals surface area contributed by atoms with Crippen LogP contribution in [-0.2, 0) is 10.0 Å². The van der Waals surface area contributed by atoms with Crippen LogP contribution in [0.1, 0.15) is 33.6 Å². The molecule has 1 rings (SSSR count). The van der Waals surface area contributed by atoms with Crippen molar-refractivity contribution in [2.24, 2.45) is 11.7 Å². The lowest BCUT2D eigenvalue weighted by molar-refractivity contribution is 0.110. The molecule has 0 amide bonds. The standard InChI is InChI=1S/C10H22N2O2S/c1-4-5-6-15(13,14)12-7-10(11,8-12)9(2)3/h9H,4-8,11H2,1-3H3. The smallest absolute Gasteiger partial charge is 0.214 e. The first-order chi connectivity index (χ1) is 6.82. The molecule has 0 aromatic heterocycles. The van der Waals surface area contributed by atoms with Gasteiger partial charge in [-0.25, -0.2) is 8.42 Å². The summed E-state index contributed by atoms with van der Waals surface area (Å²) in [5.41, 5.74) is 5.75. The molecule has 1 heterocycles. The van der Waals surface area contributed by atoms with Gasteiger partial charge in [0.05, 0.1) is 5.75 Å². The highest BCUT2D eigenvalue weighted by Crippen LogP contribution is 2.28. The van der Waals surface area contributed by atoms with Gasteiger partial charge in [-0.2, -0.15) is 4.31 Å². The van der Waals surface area contributed by atoms with Crippen LogP contribution in [0, 0.1) is 5.92 Å². The summed E-state index contributed by atoms with van der Waals surface area (Å²) in [5.74, 6) is 0.590. The third-order valence-electron chi connectivity index (χ3n) is 3.24. The van der Waals surface area contributed by atoms with Gasteiger partial charge in [0, 0.05) is 18.6 Å². The van der Waals surface area contributed by atoms with E-state index in [0.29, 0.717) is 19.0 Å². The van der Waals surface area contributed by atoms with Crippen molar-refractivity contribution in [1.82, 2.24) is 4.31 Å². The zero-order valence-corrected chi connectivity index (χ0v) is 10.7. The predicted molar refractivity (Wildman–Crippen MR) is 62.0 cm³/mol. The quantitative estimate of drug-likeness (QED) is 0.765. The Morgan fingerprint density at radius 1 is 1.40 bits per heavy atom. The molecule has 1 saturated heterocycles. The number of hydrogen-bond acceptors (Lipinski definition) is 3. The summed E-state index contributed by atoms with van der Waals surface area (Å²) in [6.45, 7) is 7.03. The molecular formula is C10H22N2O2S. The molecule has 0 unspecified atom stereocenters. The SMILES string of the molecule is CCCCS(=O)(=O)N1CC(N)(C(C)C)C1. The molecule has 0 saturated carbocycles. The Labute approximate surface area is 92.9 Å². The monoisotopic (exact) mass is 234 g/mol. The molecule has 1 aliphatic heterocycles. The summed E-state index contributed by atoms with van der Waals surface area (Å²) in [4.78, 5) is 0. The molecule has 0 aliphatic carbocycles. The molecule has 2 N–H and O–H groups in total. The maximum Gasteiger partial charge on any atom is 0.214 e. The van der Waals surface area contributed by atoms with Crippen LogP contribution in [-0.4, -0.2) is 37.1 Å². The molecular weight excluding hydrogens is 212 g/mol. The van der Waals surface area contributed by atoms with Crippen molar-refractivity contribution < 1.29 is 8.42 Å². The van der Waals surface area contributed by atoms with Crippen molar-refractivity contribution in [3.8, 4) is 0 Å². The van der Waals surface area contributed by atoms with E-state index in [0.717, 1.165) is 12.8 Å². The number of nitrogens with two attached hydrogens (primary N) is 1. The van der Waals surface area contributed by atoms with E-state index in [1.807, 2.05) is 20.8 Å². The fraction of sp³-hybridized carbons (Fsp3) is 1.00. The minimum Gasteiger partial charge on any atom is -0.323 e. The molecule has 0 aromatic rings. The van der Waals surface area contributed by atoms with Crippen LogP contribution in [0.5, 0.6) is 0 Å². The summed E-state index contributed by atoms with van der Waals surface area (Å²) in [6, 6.07) is 0. The largest absolute Gasteiger partial charge is 0.323 e. The second-order valence-electron chi connectivity index (χ2n) is 4.83. The summed E-state index contributed by atoms with van der Waals surface area (Å²) in [6.07, 6.45) is 1.64. The lowest BCUT2D eigenvalue weighted by Gasteiger charge is -2.49. The van der Waals surface area contributed by atoms with Crippen LogP contribution in [0.4, 0.5) is 0 Å². The van der Waals surface area contributed by atoms with Crippen LogP contribution < -0.4 is 5.73 Å². The zero-order valence-electron chi connectivity index (χ0n) is 9.86. The van der Waals surface area contributed by atoms with Gasteiger partial charge in [0.1, 0.15) is 0 Å². The van der Waals surface area contributed by atoms with Gasteiger partial charge in [0.2, 0.25) is 10.0 Å². The van der Waals surface area contributed by atoms with Gasteiger partial charge in [0.25, 0.3) is 0 Å². The van der Waals surface area contributed by atoms with Gasteiger partial charge in [-0.1, -0.05) is 27.2 Å². The molecule has 15 heavy (non-hydrogen) atoms. The van der Waals surface area contributed by atoms with E-state index < -0.39 is 10.0 Å². The second-order valence-corrected chi connectivity index (χ2v) is 6.91. The van der Waals surface area contributed by atoms with E-state index in [1.54, 1.807) is 0 Å². The minimum atomic E-state index is -3.04. The predicted octanol–water partition coefficient (Wildman–Crippen LogP) is 0.785. The number of hydrogen-bond donors (Lipinski definition) is 1. The van der Waals surface area contributed by atoms with Crippen molar-refractivity contribution >= 4 is 10.0 Å². The van der Waals surface area contributed by atoms with Crippen LogP contribution in [0.3, 0.4) is 0 Å².